The van der Waals surface area contributed by atoms with Gasteiger partial charge in [-0.05, 0) is 38.8 Å². The largest absolute Gasteiger partial charge is 0.481 e. The van der Waals surface area contributed by atoms with Crippen molar-refractivity contribution >= 4 is 34.8 Å². The molecule has 1 amide bonds. The molecule has 0 saturated carbocycles. The molecular formula is C13H18ClNO3S. The number of carbonyl (C=O) groups excluding carboxylic acids is 1. The number of carbonyl (C=O) groups is 2. The van der Waals surface area contributed by atoms with Gasteiger partial charge in [0.1, 0.15) is 0 Å². The fraction of sp³-hybridized carbons (Fsp3) is 0.538. The van der Waals surface area contributed by atoms with Crippen molar-refractivity contribution in [3.8, 4) is 0 Å². The first kappa shape index (κ1) is 16.0. The van der Waals surface area contributed by atoms with Gasteiger partial charge in [0.2, 0.25) is 5.91 Å². The second-order valence-corrected chi connectivity index (χ2v) is 6.79. The average Bonchev–Trinajstić information content (AvgIpc) is 2.72. The van der Waals surface area contributed by atoms with E-state index in [-0.39, 0.29) is 5.91 Å². The van der Waals surface area contributed by atoms with Gasteiger partial charge >= 0.3 is 5.97 Å². The number of rotatable bonds is 7. The summed E-state index contributed by atoms with van der Waals surface area (Å²) in [4.78, 5) is 23.6. The Bertz CT molecular complexity index is 456. The van der Waals surface area contributed by atoms with Crippen LogP contribution in [0.3, 0.4) is 0 Å². The standard InChI is InChI=1S/C13H18ClNO3S/c1-13(2,12(17)18)7-8-15-11(16)6-4-9-3-5-10(14)19-9/h3,5H,4,6-8H2,1-2H3,(H,15,16)(H,17,18). The van der Waals surface area contributed by atoms with E-state index in [1.165, 1.54) is 11.3 Å². The molecule has 4 nitrogen and oxygen atoms in total. The minimum Gasteiger partial charge on any atom is -0.481 e. The molecule has 0 atom stereocenters. The van der Waals surface area contributed by atoms with Crippen LogP contribution in [0.15, 0.2) is 12.1 Å². The summed E-state index contributed by atoms with van der Waals surface area (Å²) >= 11 is 7.27. The smallest absolute Gasteiger partial charge is 0.309 e. The lowest BCUT2D eigenvalue weighted by Gasteiger charge is -2.18. The van der Waals surface area contributed by atoms with Crippen LogP contribution in [0.5, 0.6) is 0 Å². The Balaban J connectivity index is 2.23. The van der Waals surface area contributed by atoms with Gasteiger partial charge in [-0.25, -0.2) is 0 Å². The Morgan fingerprint density at radius 1 is 1.42 bits per heavy atom. The summed E-state index contributed by atoms with van der Waals surface area (Å²) in [7, 11) is 0. The minimum absolute atomic E-state index is 0.0642. The predicted octanol–water partition coefficient (Wildman–Crippen LogP) is 2.95. The zero-order valence-electron chi connectivity index (χ0n) is 11.0. The van der Waals surface area contributed by atoms with E-state index < -0.39 is 11.4 Å². The molecule has 0 radical (unpaired) electrons. The number of hydrogen-bond acceptors (Lipinski definition) is 3. The monoisotopic (exact) mass is 303 g/mol. The average molecular weight is 304 g/mol. The fourth-order valence-electron chi connectivity index (χ4n) is 1.43. The number of carboxylic acids is 1. The van der Waals surface area contributed by atoms with Gasteiger partial charge in [-0.15, -0.1) is 11.3 Å². The molecule has 0 aliphatic carbocycles. The highest BCUT2D eigenvalue weighted by Gasteiger charge is 2.26. The van der Waals surface area contributed by atoms with E-state index in [9.17, 15) is 9.59 Å². The predicted molar refractivity (Wildman–Crippen MR) is 76.7 cm³/mol. The zero-order chi connectivity index (χ0) is 14.5. The van der Waals surface area contributed by atoms with Crippen molar-refractivity contribution in [2.24, 2.45) is 5.41 Å². The van der Waals surface area contributed by atoms with Gasteiger partial charge in [0.15, 0.2) is 0 Å². The molecule has 19 heavy (non-hydrogen) atoms. The molecule has 6 heteroatoms. The van der Waals surface area contributed by atoms with Gasteiger partial charge in [0.25, 0.3) is 0 Å². The highest BCUT2D eigenvalue weighted by molar-refractivity contribution is 7.16. The van der Waals surface area contributed by atoms with Crippen molar-refractivity contribution < 1.29 is 14.7 Å². The minimum atomic E-state index is -0.852. The van der Waals surface area contributed by atoms with E-state index in [0.717, 1.165) is 9.21 Å². The highest BCUT2D eigenvalue weighted by atomic mass is 35.5. The molecule has 1 rings (SSSR count). The van der Waals surface area contributed by atoms with Crippen LogP contribution in [0.4, 0.5) is 0 Å². The Labute approximate surface area is 121 Å². The number of thiophene rings is 1. The molecule has 106 valence electrons. The van der Waals surface area contributed by atoms with Crippen LogP contribution >= 0.6 is 22.9 Å². The zero-order valence-corrected chi connectivity index (χ0v) is 12.6. The van der Waals surface area contributed by atoms with E-state index in [4.69, 9.17) is 16.7 Å². The van der Waals surface area contributed by atoms with E-state index in [1.807, 2.05) is 12.1 Å². The van der Waals surface area contributed by atoms with E-state index in [1.54, 1.807) is 13.8 Å². The third-order valence-corrected chi connectivity index (χ3v) is 4.17. The first-order valence-electron chi connectivity index (χ1n) is 6.05. The number of amides is 1. The Kier molecular flexibility index (Phi) is 5.82. The van der Waals surface area contributed by atoms with Gasteiger partial charge in [-0.1, -0.05) is 11.6 Å². The summed E-state index contributed by atoms with van der Waals surface area (Å²) in [6.07, 6.45) is 1.47. The third-order valence-electron chi connectivity index (χ3n) is 2.88. The summed E-state index contributed by atoms with van der Waals surface area (Å²) in [5, 5.41) is 11.7. The second kappa shape index (κ2) is 6.91. The lowest BCUT2D eigenvalue weighted by molar-refractivity contribution is -0.147. The summed E-state index contributed by atoms with van der Waals surface area (Å²) in [5.41, 5.74) is -0.811. The summed E-state index contributed by atoms with van der Waals surface area (Å²) in [6.45, 7) is 3.67. The summed E-state index contributed by atoms with van der Waals surface area (Å²) in [6, 6.07) is 3.72. The topological polar surface area (TPSA) is 66.4 Å². The molecule has 2 N–H and O–H groups in total. The molecule has 0 bridgehead atoms. The van der Waals surface area contributed by atoms with Crippen molar-refractivity contribution in [3.63, 3.8) is 0 Å². The quantitative estimate of drug-likeness (QED) is 0.814. The van der Waals surface area contributed by atoms with Crippen molar-refractivity contribution in [1.82, 2.24) is 5.32 Å². The molecule has 0 saturated heterocycles. The van der Waals surface area contributed by atoms with Crippen LogP contribution in [0, 0.1) is 5.41 Å². The van der Waals surface area contributed by atoms with Gasteiger partial charge in [0, 0.05) is 17.8 Å². The lowest BCUT2D eigenvalue weighted by atomic mass is 9.90. The molecule has 0 spiro atoms. The van der Waals surface area contributed by atoms with Crippen LogP contribution in [0.2, 0.25) is 4.34 Å². The van der Waals surface area contributed by atoms with Crippen LogP contribution in [0.25, 0.3) is 0 Å². The molecule has 1 aromatic heterocycles. The highest BCUT2D eigenvalue weighted by Crippen LogP contribution is 2.22. The van der Waals surface area contributed by atoms with Crippen LogP contribution in [0.1, 0.15) is 31.6 Å². The van der Waals surface area contributed by atoms with Crippen LogP contribution in [-0.2, 0) is 16.0 Å². The maximum atomic E-state index is 11.6. The van der Waals surface area contributed by atoms with Gasteiger partial charge < -0.3 is 10.4 Å². The van der Waals surface area contributed by atoms with E-state index in [2.05, 4.69) is 5.32 Å². The molecular weight excluding hydrogens is 286 g/mol. The van der Waals surface area contributed by atoms with Crippen molar-refractivity contribution in [1.29, 1.82) is 0 Å². The molecule has 1 aromatic rings. The summed E-state index contributed by atoms with van der Waals surface area (Å²) in [5.74, 6) is -0.916. The Morgan fingerprint density at radius 3 is 2.63 bits per heavy atom. The molecule has 0 aliphatic rings. The SMILES string of the molecule is CC(C)(CCNC(=O)CCc1ccc(Cl)s1)C(=O)O. The van der Waals surface area contributed by atoms with Crippen molar-refractivity contribution in [2.75, 3.05) is 6.54 Å². The Morgan fingerprint density at radius 2 is 2.11 bits per heavy atom. The first-order chi connectivity index (χ1) is 8.81. The van der Waals surface area contributed by atoms with Crippen molar-refractivity contribution in [2.45, 2.75) is 33.1 Å². The van der Waals surface area contributed by atoms with Crippen LogP contribution in [-0.4, -0.2) is 23.5 Å². The molecule has 0 unspecified atom stereocenters. The maximum Gasteiger partial charge on any atom is 0.309 e. The number of carboxylic acid groups (broad SMARTS) is 1. The van der Waals surface area contributed by atoms with Gasteiger partial charge in [-0.3, -0.25) is 9.59 Å². The molecule has 1 heterocycles. The number of nitrogens with one attached hydrogen (secondary N) is 1. The number of aliphatic carboxylic acids is 1. The normalized spacial score (nSPS) is 11.3. The molecule has 0 aliphatic heterocycles. The third kappa shape index (κ3) is 5.61. The van der Waals surface area contributed by atoms with Gasteiger partial charge in [-0.2, -0.15) is 0 Å². The van der Waals surface area contributed by atoms with E-state index in [0.29, 0.717) is 25.8 Å². The lowest BCUT2D eigenvalue weighted by Crippen LogP contribution is -2.32. The van der Waals surface area contributed by atoms with Gasteiger partial charge in [0.05, 0.1) is 9.75 Å². The number of hydrogen-bond donors (Lipinski definition) is 2. The Hall–Kier alpha value is -1.07. The maximum absolute atomic E-state index is 11.6. The fourth-order valence-corrected chi connectivity index (χ4v) is 2.52. The van der Waals surface area contributed by atoms with E-state index >= 15 is 0 Å². The van der Waals surface area contributed by atoms with Crippen molar-refractivity contribution in [3.05, 3.63) is 21.3 Å². The molecule has 0 aromatic carbocycles. The first-order valence-corrected chi connectivity index (χ1v) is 7.25. The second-order valence-electron chi connectivity index (χ2n) is 4.99. The number of halogens is 1. The molecule has 0 fully saturated rings. The summed E-state index contributed by atoms with van der Waals surface area (Å²) < 4.78 is 0.721. The number of aryl methyl sites for hydroxylation is 1. The van der Waals surface area contributed by atoms with Crippen LogP contribution < -0.4 is 5.32 Å².